The van der Waals surface area contributed by atoms with Crippen molar-refractivity contribution in [1.29, 1.82) is 0 Å². The fraction of sp³-hybridized carbons (Fsp3) is 0.235. The second-order valence-electron chi connectivity index (χ2n) is 5.14. The molecule has 0 fully saturated rings. The molecule has 0 unspecified atom stereocenters. The van der Waals surface area contributed by atoms with Crippen LogP contribution in [0.5, 0.6) is 5.75 Å². The molecule has 0 aromatic heterocycles. The summed E-state index contributed by atoms with van der Waals surface area (Å²) in [6, 6.07) is 13.6. The number of benzene rings is 2. The minimum atomic E-state index is -1.02. The van der Waals surface area contributed by atoms with Gasteiger partial charge in [0.05, 0.1) is 0 Å². The third-order valence-electron chi connectivity index (χ3n) is 3.41. The van der Waals surface area contributed by atoms with E-state index in [4.69, 9.17) is 10.3 Å². The number of nitrogens with zero attached hydrogens (tertiary/aromatic N) is 3. The van der Waals surface area contributed by atoms with Crippen LogP contribution in [0.25, 0.3) is 10.4 Å². The summed E-state index contributed by atoms with van der Waals surface area (Å²) in [6.07, 6.45) is 0. The van der Waals surface area contributed by atoms with Gasteiger partial charge in [0, 0.05) is 17.5 Å². The summed E-state index contributed by atoms with van der Waals surface area (Å²) < 4.78 is 18.0. The third-order valence-corrected chi connectivity index (χ3v) is 3.41. The zero-order chi connectivity index (χ0) is 17.4. The molecule has 1 N–H and O–H groups in total. The predicted molar refractivity (Wildman–Crippen MR) is 87.8 cm³/mol. The number of nitrogens with one attached hydrogen (secondary N) is 1. The molecular formula is C17H17FN4O2. The maximum Gasteiger partial charge on any atom is 0.321 e. The molecule has 0 aliphatic rings. The van der Waals surface area contributed by atoms with E-state index in [-0.39, 0.29) is 18.3 Å². The summed E-state index contributed by atoms with van der Waals surface area (Å²) in [4.78, 5) is 14.8. The molecule has 0 bridgehead atoms. The molecular weight excluding hydrogens is 311 g/mol. The highest BCUT2D eigenvalue weighted by molar-refractivity contribution is 5.78. The quantitative estimate of drug-likeness (QED) is 0.276. The van der Waals surface area contributed by atoms with Gasteiger partial charge in [0.15, 0.2) is 0 Å². The van der Waals surface area contributed by atoms with Crippen LogP contribution in [0.2, 0.25) is 0 Å². The first-order valence-corrected chi connectivity index (χ1v) is 7.40. The zero-order valence-corrected chi connectivity index (χ0v) is 13.1. The van der Waals surface area contributed by atoms with E-state index in [2.05, 4.69) is 15.3 Å². The smallest absolute Gasteiger partial charge is 0.321 e. The Labute approximate surface area is 138 Å². The van der Waals surface area contributed by atoms with Gasteiger partial charge in [0.2, 0.25) is 0 Å². The Morgan fingerprint density at radius 2 is 1.92 bits per heavy atom. The van der Waals surface area contributed by atoms with Crippen LogP contribution >= 0.6 is 0 Å². The van der Waals surface area contributed by atoms with Gasteiger partial charge < -0.3 is 10.1 Å². The van der Waals surface area contributed by atoms with Crippen molar-refractivity contribution >= 4 is 5.97 Å². The van der Waals surface area contributed by atoms with Gasteiger partial charge in [-0.3, -0.25) is 4.79 Å². The molecule has 2 atom stereocenters. The summed E-state index contributed by atoms with van der Waals surface area (Å²) in [7, 11) is 0. The van der Waals surface area contributed by atoms with Crippen molar-refractivity contribution in [3.63, 3.8) is 0 Å². The number of carbonyl (C=O) groups excluding carboxylic acids is 1. The average molecular weight is 328 g/mol. The number of hydrogen-bond donors (Lipinski definition) is 1. The van der Waals surface area contributed by atoms with Crippen LogP contribution in [-0.2, 0) is 4.79 Å². The first kappa shape index (κ1) is 17.5. The first-order valence-electron chi connectivity index (χ1n) is 7.40. The van der Waals surface area contributed by atoms with Crippen LogP contribution in [0.15, 0.2) is 59.7 Å². The van der Waals surface area contributed by atoms with Crippen LogP contribution in [0, 0.1) is 5.82 Å². The number of halogens is 1. The molecule has 0 saturated heterocycles. The zero-order valence-electron chi connectivity index (χ0n) is 13.1. The summed E-state index contributed by atoms with van der Waals surface area (Å²) in [5, 5.41) is 6.61. The number of hydrogen-bond acceptors (Lipinski definition) is 4. The Bertz CT molecular complexity index is 715. The van der Waals surface area contributed by atoms with E-state index in [1.165, 1.54) is 24.3 Å². The Hall–Kier alpha value is -2.89. The van der Waals surface area contributed by atoms with Crippen molar-refractivity contribution in [1.82, 2.24) is 5.32 Å². The van der Waals surface area contributed by atoms with Gasteiger partial charge in [-0.2, -0.15) is 0 Å². The molecule has 7 heteroatoms. The van der Waals surface area contributed by atoms with Crippen molar-refractivity contribution < 1.29 is 13.9 Å². The van der Waals surface area contributed by atoms with Crippen LogP contribution in [0.3, 0.4) is 0 Å². The number of esters is 1. The minimum absolute atomic E-state index is 0.0267. The molecule has 2 aromatic rings. The summed E-state index contributed by atoms with van der Waals surface area (Å²) in [5.41, 5.74) is 9.69. The van der Waals surface area contributed by atoms with Crippen LogP contribution < -0.4 is 10.1 Å². The molecule has 2 rings (SSSR count). The van der Waals surface area contributed by atoms with Gasteiger partial charge in [-0.25, -0.2) is 4.39 Å². The lowest BCUT2D eigenvalue weighted by Gasteiger charge is -2.17. The van der Waals surface area contributed by atoms with E-state index in [9.17, 15) is 9.18 Å². The molecule has 0 radical (unpaired) electrons. The van der Waals surface area contributed by atoms with Crippen molar-refractivity contribution in [3.05, 3.63) is 76.4 Å². The largest absolute Gasteiger partial charge is 0.426 e. The van der Waals surface area contributed by atoms with Crippen LogP contribution in [0.1, 0.15) is 18.5 Å². The predicted octanol–water partition coefficient (Wildman–Crippen LogP) is 3.76. The Kier molecular flexibility index (Phi) is 6.31. The van der Waals surface area contributed by atoms with Gasteiger partial charge in [-0.1, -0.05) is 35.4 Å². The summed E-state index contributed by atoms with van der Waals surface area (Å²) in [6.45, 7) is 2.06. The molecule has 0 aliphatic heterocycles. The van der Waals surface area contributed by atoms with E-state index >= 15 is 0 Å². The van der Waals surface area contributed by atoms with E-state index in [0.717, 1.165) is 5.56 Å². The normalized spacial score (nSPS) is 12.8. The third kappa shape index (κ3) is 5.08. The molecule has 0 amide bonds. The van der Waals surface area contributed by atoms with Gasteiger partial charge >= 0.3 is 5.97 Å². The molecule has 0 aliphatic carbocycles. The fourth-order valence-electron chi connectivity index (χ4n) is 2.07. The maximum absolute atomic E-state index is 12.9. The fourth-order valence-corrected chi connectivity index (χ4v) is 2.07. The van der Waals surface area contributed by atoms with E-state index in [0.29, 0.717) is 0 Å². The topological polar surface area (TPSA) is 87.1 Å². The molecule has 6 nitrogen and oxygen atoms in total. The van der Waals surface area contributed by atoms with Crippen LogP contribution in [-0.4, -0.2) is 18.6 Å². The maximum atomic E-state index is 12.9. The highest BCUT2D eigenvalue weighted by Crippen LogP contribution is 2.14. The molecule has 24 heavy (non-hydrogen) atoms. The molecule has 0 heterocycles. The lowest BCUT2D eigenvalue weighted by atomic mass is 10.1. The molecule has 0 saturated carbocycles. The second-order valence-corrected chi connectivity index (χ2v) is 5.14. The Morgan fingerprint density at radius 3 is 2.54 bits per heavy atom. The number of carbonyl (C=O) groups is 1. The minimum Gasteiger partial charge on any atom is -0.426 e. The van der Waals surface area contributed by atoms with E-state index in [1.807, 2.05) is 37.3 Å². The van der Waals surface area contributed by atoms with E-state index in [1.54, 1.807) is 0 Å². The van der Waals surface area contributed by atoms with Gasteiger partial charge in [-0.15, -0.1) is 0 Å². The number of azide groups is 1. The van der Waals surface area contributed by atoms with Gasteiger partial charge in [0.25, 0.3) is 0 Å². The van der Waals surface area contributed by atoms with Gasteiger partial charge in [-0.05, 0) is 42.3 Å². The molecule has 2 aromatic carbocycles. The first-order chi connectivity index (χ1) is 11.6. The standard InChI is InChI=1S/C17H17FN4O2/c1-12(13-5-3-2-4-6-13)20-11-16(21-22-19)17(23)24-15-9-7-14(18)8-10-15/h2-10,12,16,20H,11H2,1H3/t12-,16+/m1/s1. The van der Waals surface area contributed by atoms with Crippen molar-refractivity contribution in [2.24, 2.45) is 5.11 Å². The SMILES string of the molecule is C[C@@H](NC[C@H](N=[N+]=[N-])C(=O)Oc1ccc(F)cc1)c1ccccc1. The molecule has 0 spiro atoms. The van der Waals surface area contributed by atoms with Gasteiger partial charge in [0.1, 0.15) is 17.6 Å². The summed E-state index contributed by atoms with van der Waals surface area (Å²) in [5.74, 6) is -0.942. The molecule has 124 valence electrons. The highest BCUT2D eigenvalue weighted by Gasteiger charge is 2.20. The monoisotopic (exact) mass is 328 g/mol. The number of rotatable bonds is 7. The lowest BCUT2D eigenvalue weighted by molar-refractivity contribution is -0.135. The lowest BCUT2D eigenvalue weighted by Crippen LogP contribution is -2.35. The van der Waals surface area contributed by atoms with Crippen molar-refractivity contribution in [3.8, 4) is 5.75 Å². The van der Waals surface area contributed by atoms with E-state index < -0.39 is 17.8 Å². The Balaban J connectivity index is 1.96. The van der Waals surface area contributed by atoms with Crippen LogP contribution in [0.4, 0.5) is 4.39 Å². The summed E-state index contributed by atoms with van der Waals surface area (Å²) >= 11 is 0. The number of ether oxygens (including phenoxy) is 1. The van der Waals surface area contributed by atoms with Crippen molar-refractivity contribution in [2.45, 2.75) is 19.0 Å². The average Bonchev–Trinajstić information content (AvgIpc) is 2.61. The Morgan fingerprint density at radius 1 is 1.25 bits per heavy atom. The highest BCUT2D eigenvalue weighted by atomic mass is 19.1. The second kappa shape index (κ2) is 8.67. The van der Waals surface area contributed by atoms with Crippen molar-refractivity contribution in [2.75, 3.05) is 6.54 Å².